The zero-order valence-electron chi connectivity index (χ0n) is 65.5. The van der Waals surface area contributed by atoms with Crippen molar-refractivity contribution in [3.63, 3.8) is 0 Å². The van der Waals surface area contributed by atoms with E-state index < -0.39 is 14.3 Å². The van der Waals surface area contributed by atoms with E-state index in [2.05, 4.69) is 65.8 Å². The number of aromatic carboxylic acids is 1. The minimum Gasteiger partial charge on any atom is -0.490 e. The van der Waals surface area contributed by atoms with E-state index in [-0.39, 0.29) is 29.0 Å². The van der Waals surface area contributed by atoms with E-state index in [1.807, 2.05) is 53.4 Å². The molecule has 1 fully saturated rings. The van der Waals surface area contributed by atoms with Crippen LogP contribution in [0.2, 0.25) is 5.04 Å². The molecule has 0 saturated carbocycles. The normalized spacial score (nSPS) is 12.7. The van der Waals surface area contributed by atoms with Crippen molar-refractivity contribution in [2.75, 3.05) is 46.0 Å². The largest absolute Gasteiger partial charge is 0.490 e. The molecule has 0 spiro atoms. The van der Waals surface area contributed by atoms with Crippen molar-refractivity contribution in [3.05, 3.63) is 113 Å². The third kappa shape index (κ3) is 34.6. The topological polar surface area (TPSA) is 115 Å². The van der Waals surface area contributed by atoms with Crippen LogP contribution in [0, 0.1) is 0 Å². The second kappa shape index (κ2) is 54.5. The summed E-state index contributed by atoms with van der Waals surface area (Å²) in [7, 11) is -3.04. The molecule has 1 N–H and O–H groups in total. The first-order chi connectivity index (χ1) is 49.4. The van der Waals surface area contributed by atoms with Crippen molar-refractivity contribution >= 4 is 36.5 Å². The number of unbranched alkanes of at least 4 members (excludes halogenated alkanes) is 45. The highest BCUT2D eigenvalue weighted by Crippen LogP contribution is 2.41. The van der Waals surface area contributed by atoms with E-state index in [0.717, 1.165) is 48.9 Å². The number of piperazine rings is 1. The Balaban J connectivity index is 1.24. The molecule has 0 aliphatic carbocycles. The molecule has 101 heavy (non-hydrogen) atoms. The van der Waals surface area contributed by atoms with Crippen LogP contribution in [0.25, 0.3) is 0 Å². The van der Waals surface area contributed by atoms with Crippen LogP contribution in [-0.2, 0) is 11.0 Å². The van der Waals surface area contributed by atoms with Gasteiger partial charge in [0.1, 0.15) is 0 Å². The van der Waals surface area contributed by atoms with E-state index in [4.69, 9.17) is 18.6 Å². The first kappa shape index (κ1) is 86.5. The van der Waals surface area contributed by atoms with E-state index >= 15 is 0 Å². The fourth-order valence-corrected chi connectivity index (χ4v) is 19.6. The van der Waals surface area contributed by atoms with Crippen LogP contribution >= 0.6 is 0 Å². The predicted octanol–water partition coefficient (Wildman–Crippen LogP) is 25.0. The molecule has 10 nitrogen and oxygen atoms in total. The third-order valence-corrected chi connectivity index (χ3v) is 26.3. The Morgan fingerprint density at radius 3 is 0.950 bits per heavy atom. The zero-order chi connectivity index (χ0) is 72.1. The van der Waals surface area contributed by atoms with Crippen LogP contribution in [-0.4, -0.2) is 87.0 Å². The van der Waals surface area contributed by atoms with Gasteiger partial charge in [-0.1, -0.05) is 391 Å². The number of amides is 2. The summed E-state index contributed by atoms with van der Waals surface area (Å²) in [4.78, 5) is 46.0. The van der Waals surface area contributed by atoms with Gasteiger partial charge >= 0.3 is 5.97 Å². The molecule has 4 aromatic rings. The summed E-state index contributed by atoms with van der Waals surface area (Å²) >= 11 is 0. The quantitative estimate of drug-likeness (QED) is 0.0343. The number of carboxylic acid groups (broad SMARTS) is 1. The Morgan fingerprint density at radius 1 is 0.366 bits per heavy atom. The first-order valence-corrected chi connectivity index (χ1v) is 44.1. The van der Waals surface area contributed by atoms with Gasteiger partial charge in [-0.25, -0.2) is 4.79 Å². The molecule has 0 bridgehead atoms. The van der Waals surface area contributed by atoms with E-state index in [1.165, 1.54) is 276 Å². The SMILES string of the molecule is CCCCCCCCCCCCCCCCCCOc1cc(C(=O)N2CCN(C(=O)c3ccc(C(=O)O)c(CO[Si](c4ccccc4)(c4ccccc4)C(C)(C)C)c3)CC2)cc(OCCCCCCCCCCCCCCCCCC)c1OCCCCCCCCCCCCCCCCCC. The molecule has 1 aliphatic rings. The summed E-state index contributed by atoms with van der Waals surface area (Å²) in [6.07, 6.45) is 62.8. The molecule has 0 atom stereocenters. The number of nitrogens with zero attached hydrogens (tertiary/aromatic N) is 2. The number of hydrogen-bond acceptors (Lipinski definition) is 7. The summed E-state index contributed by atoms with van der Waals surface area (Å²) < 4.78 is 27.5. The van der Waals surface area contributed by atoms with E-state index in [9.17, 15) is 19.5 Å². The Morgan fingerprint density at radius 2 is 0.653 bits per heavy atom. The predicted molar refractivity (Wildman–Crippen MR) is 429 cm³/mol. The van der Waals surface area contributed by atoms with Gasteiger partial charge in [-0.15, -0.1) is 0 Å². The standard InChI is InChI=1S/C90H146N2O8Si/c1-7-10-13-16-19-22-25-28-31-34-37-40-43-46-49-58-71-97-84-75-79(76-85(98-72-59-50-47-44-41-38-35-32-29-26-23-20-17-14-11-8-2)86(84)99-73-60-51-48-45-42-39-36-33-30-27-24-21-18-15-12-9-3)88(94)92-69-67-91(68-70-92)87(93)78-65-66-83(89(95)96)80(74-78)77-100-101(90(4,5)6,81-61-54-52-55-62-81)82-63-56-53-57-64-82/h52-57,61-66,74-76H,7-51,58-60,67-73,77H2,1-6H3,(H,95,96). The molecule has 1 saturated heterocycles. The van der Waals surface area contributed by atoms with Crippen molar-refractivity contribution in [3.8, 4) is 17.2 Å². The number of benzene rings is 4. The van der Waals surface area contributed by atoms with Gasteiger partial charge in [-0.2, -0.15) is 0 Å². The fourth-order valence-electron chi connectivity index (χ4n) is 15.0. The Hall–Kier alpha value is -5.13. The summed E-state index contributed by atoms with van der Waals surface area (Å²) in [5, 5.41) is 12.4. The van der Waals surface area contributed by atoms with Crippen molar-refractivity contribution in [2.24, 2.45) is 0 Å². The molecule has 4 aromatic carbocycles. The molecule has 568 valence electrons. The lowest BCUT2D eigenvalue weighted by Gasteiger charge is -2.43. The van der Waals surface area contributed by atoms with Crippen LogP contribution in [0.15, 0.2) is 91.0 Å². The maximum atomic E-state index is 14.9. The lowest BCUT2D eigenvalue weighted by molar-refractivity contribution is 0.0534. The number of carboxylic acids is 1. The van der Waals surface area contributed by atoms with Crippen LogP contribution < -0.4 is 24.6 Å². The average Bonchev–Trinajstić information content (AvgIpc) is 0.751. The fraction of sp³-hybridized carbons (Fsp3) is 0.700. The summed E-state index contributed by atoms with van der Waals surface area (Å²) in [5.74, 6) is 0.342. The van der Waals surface area contributed by atoms with Crippen LogP contribution in [0.3, 0.4) is 0 Å². The smallest absolute Gasteiger partial charge is 0.336 e. The van der Waals surface area contributed by atoms with Crippen molar-refractivity contribution in [2.45, 2.75) is 361 Å². The minimum absolute atomic E-state index is 0.0120. The first-order valence-electron chi connectivity index (χ1n) is 42.2. The van der Waals surface area contributed by atoms with E-state index in [1.54, 1.807) is 17.0 Å². The molecule has 0 unspecified atom stereocenters. The zero-order valence-corrected chi connectivity index (χ0v) is 66.5. The van der Waals surface area contributed by atoms with Crippen LogP contribution in [0.1, 0.15) is 386 Å². The molecule has 0 radical (unpaired) electrons. The van der Waals surface area contributed by atoms with Gasteiger partial charge in [0.15, 0.2) is 11.5 Å². The van der Waals surface area contributed by atoms with Crippen molar-refractivity contribution in [1.82, 2.24) is 9.80 Å². The molecule has 2 amide bonds. The minimum atomic E-state index is -3.04. The maximum Gasteiger partial charge on any atom is 0.336 e. The van der Waals surface area contributed by atoms with Gasteiger partial charge in [0.2, 0.25) is 5.75 Å². The Labute approximate surface area is 618 Å². The lowest BCUT2D eigenvalue weighted by Crippen LogP contribution is -2.66. The molecule has 5 rings (SSSR count). The van der Waals surface area contributed by atoms with Gasteiger partial charge in [0, 0.05) is 37.3 Å². The molecule has 11 heteroatoms. The monoisotopic (exact) mass is 1410 g/mol. The van der Waals surface area contributed by atoms with Gasteiger partial charge in [-0.3, -0.25) is 9.59 Å². The summed E-state index contributed by atoms with van der Waals surface area (Å²) in [6.45, 7) is 16.4. The van der Waals surface area contributed by atoms with Crippen LogP contribution in [0.4, 0.5) is 0 Å². The van der Waals surface area contributed by atoms with E-state index in [0.29, 0.717) is 79.9 Å². The highest BCUT2D eigenvalue weighted by atomic mass is 28.4. The molecule has 1 heterocycles. The van der Waals surface area contributed by atoms with Gasteiger partial charge in [0.25, 0.3) is 20.1 Å². The number of hydrogen-bond donors (Lipinski definition) is 1. The molecule has 1 aliphatic heterocycles. The van der Waals surface area contributed by atoms with Gasteiger partial charge in [-0.05, 0) is 70.6 Å². The Kier molecular flexibility index (Phi) is 46.7. The van der Waals surface area contributed by atoms with Gasteiger partial charge in [0.05, 0.1) is 32.0 Å². The number of carbonyl (C=O) groups excluding carboxylic acids is 2. The van der Waals surface area contributed by atoms with Crippen molar-refractivity contribution in [1.29, 1.82) is 0 Å². The molecular weight excluding hydrogens is 1270 g/mol. The van der Waals surface area contributed by atoms with Crippen molar-refractivity contribution < 1.29 is 38.1 Å². The number of rotatable bonds is 62. The number of carbonyl (C=O) groups is 3. The second-order valence-corrected chi connectivity index (χ2v) is 35.3. The van der Waals surface area contributed by atoms with Crippen LogP contribution in [0.5, 0.6) is 17.2 Å². The molecular formula is C90H146N2O8Si. The number of ether oxygens (including phenoxy) is 3. The second-order valence-electron chi connectivity index (χ2n) is 31.0. The van der Waals surface area contributed by atoms with Gasteiger partial charge < -0.3 is 33.5 Å². The maximum absolute atomic E-state index is 14.9. The summed E-state index contributed by atoms with van der Waals surface area (Å²) in [5.41, 5.74) is 1.44. The highest BCUT2D eigenvalue weighted by molar-refractivity contribution is 6.99. The highest BCUT2D eigenvalue weighted by Gasteiger charge is 2.50. The lowest BCUT2D eigenvalue weighted by atomic mass is 10.0. The molecule has 0 aromatic heterocycles. The summed E-state index contributed by atoms with van der Waals surface area (Å²) in [6, 6.07) is 29.2. The Bertz CT molecular complexity index is 2640. The average molecular weight is 1410 g/mol. The third-order valence-electron chi connectivity index (χ3n) is 21.3.